The second-order valence-corrected chi connectivity index (χ2v) is 7.80. The number of benzene rings is 1. The Morgan fingerprint density at radius 3 is 2.67 bits per heavy atom. The monoisotopic (exact) mass is 386 g/mol. The third-order valence-corrected chi connectivity index (χ3v) is 5.79. The third-order valence-electron chi connectivity index (χ3n) is 4.88. The van der Waals surface area contributed by atoms with Crippen LogP contribution in [0.4, 0.5) is 0 Å². The normalized spacial score (nSPS) is 14.9. The van der Waals surface area contributed by atoms with Gasteiger partial charge in [0.15, 0.2) is 0 Å². The van der Waals surface area contributed by atoms with Gasteiger partial charge >= 0.3 is 0 Å². The number of hydrogen-bond acceptors (Lipinski definition) is 5. The van der Waals surface area contributed by atoms with Crippen LogP contribution in [0.5, 0.6) is 0 Å². The van der Waals surface area contributed by atoms with Crippen LogP contribution in [0.2, 0.25) is 0 Å². The van der Waals surface area contributed by atoms with Gasteiger partial charge in [-0.1, -0.05) is 30.3 Å². The van der Waals surface area contributed by atoms with E-state index >= 15 is 0 Å². The Morgan fingerprint density at radius 2 is 1.96 bits per heavy atom. The average Bonchev–Trinajstić information content (AvgIpc) is 3.16. The lowest BCUT2D eigenvalue weighted by molar-refractivity contribution is -0.131. The summed E-state index contributed by atoms with van der Waals surface area (Å²) < 4.78 is 0. The fraction of sp³-hybridized carbons (Fsp3) is 0.450. The molecule has 1 fully saturated rings. The summed E-state index contributed by atoms with van der Waals surface area (Å²) in [5.41, 5.74) is 7.21. The highest BCUT2D eigenvalue weighted by molar-refractivity contribution is 7.09. The molecule has 27 heavy (non-hydrogen) atoms. The Kier molecular flexibility index (Phi) is 6.95. The molecule has 6 nitrogen and oxygen atoms in total. The van der Waals surface area contributed by atoms with Crippen molar-refractivity contribution in [1.82, 2.24) is 15.2 Å². The number of thiazole rings is 1. The summed E-state index contributed by atoms with van der Waals surface area (Å²) in [6.07, 6.45) is 3.73. The van der Waals surface area contributed by atoms with Crippen molar-refractivity contribution in [2.24, 2.45) is 11.7 Å². The van der Waals surface area contributed by atoms with Crippen LogP contribution < -0.4 is 11.1 Å². The van der Waals surface area contributed by atoms with Gasteiger partial charge < -0.3 is 16.0 Å². The Labute approximate surface area is 163 Å². The molecule has 2 heterocycles. The summed E-state index contributed by atoms with van der Waals surface area (Å²) in [5.74, 6) is 0.280. The van der Waals surface area contributed by atoms with E-state index in [0.717, 1.165) is 37.4 Å². The van der Waals surface area contributed by atoms with Crippen molar-refractivity contribution in [1.29, 1.82) is 0 Å². The maximum Gasteiger partial charge on any atom is 0.271 e. The number of aromatic nitrogens is 1. The fourth-order valence-electron chi connectivity index (χ4n) is 3.35. The maximum absolute atomic E-state index is 12.4. The lowest BCUT2D eigenvalue weighted by Crippen LogP contribution is -2.44. The molecule has 1 aliphatic heterocycles. The number of rotatable bonds is 7. The van der Waals surface area contributed by atoms with Gasteiger partial charge in [-0.05, 0) is 37.3 Å². The molecule has 1 aromatic carbocycles. The molecular formula is C20H26N4O2S. The zero-order chi connectivity index (χ0) is 19.1. The highest BCUT2D eigenvalue weighted by Crippen LogP contribution is 2.21. The van der Waals surface area contributed by atoms with E-state index in [4.69, 9.17) is 5.73 Å². The van der Waals surface area contributed by atoms with Gasteiger partial charge in [-0.2, -0.15) is 0 Å². The van der Waals surface area contributed by atoms with Crippen LogP contribution >= 0.6 is 11.3 Å². The van der Waals surface area contributed by atoms with Crippen LogP contribution in [0, 0.1) is 5.92 Å². The molecule has 0 bridgehead atoms. The number of carbonyl (C=O) groups is 2. The van der Waals surface area contributed by atoms with E-state index in [2.05, 4.69) is 34.6 Å². The summed E-state index contributed by atoms with van der Waals surface area (Å²) in [6.45, 7) is 2.03. The standard InChI is InChI=1S/C20H26N4O2S/c21-9-6-18-23-17(14-27-18)20(26)22-13-19(25)24-10-7-16(8-11-24)12-15-4-2-1-3-5-15/h1-5,14,16H,6-13,21H2,(H,22,26). The fourth-order valence-corrected chi connectivity index (χ4v) is 4.14. The summed E-state index contributed by atoms with van der Waals surface area (Å²) in [6, 6.07) is 10.5. The molecular weight excluding hydrogens is 360 g/mol. The van der Waals surface area contributed by atoms with Crippen LogP contribution in [0.25, 0.3) is 0 Å². The highest BCUT2D eigenvalue weighted by atomic mass is 32.1. The largest absolute Gasteiger partial charge is 0.342 e. The van der Waals surface area contributed by atoms with Crippen LogP contribution in [-0.2, 0) is 17.6 Å². The minimum Gasteiger partial charge on any atom is -0.342 e. The molecule has 1 aromatic heterocycles. The average molecular weight is 387 g/mol. The van der Waals surface area contributed by atoms with E-state index in [-0.39, 0.29) is 18.4 Å². The molecule has 2 aromatic rings. The highest BCUT2D eigenvalue weighted by Gasteiger charge is 2.23. The SMILES string of the molecule is NCCc1nc(C(=O)NCC(=O)N2CCC(Cc3ccccc3)CC2)cs1. The van der Waals surface area contributed by atoms with E-state index in [1.165, 1.54) is 16.9 Å². The van der Waals surface area contributed by atoms with Crippen molar-refractivity contribution >= 4 is 23.2 Å². The molecule has 144 valence electrons. The molecule has 0 atom stereocenters. The predicted molar refractivity (Wildman–Crippen MR) is 107 cm³/mol. The predicted octanol–water partition coefficient (Wildman–Crippen LogP) is 1.86. The quantitative estimate of drug-likeness (QED) is 0.760. The number of nitrogens with zero attached hydrogens (tertiary/aromatic N) is 2. The number of amides is 2. The summed E-state index contributed by atoms with van der Waals surface area (Å²) in [7, 11) is 0. The van der Waals surface area contributed by atoms with Crippen molar-refractivity contribution < 1.29 is 9.59 Å². The van der Waals surface area contributed by atoms with Crippen LogP contribution in [-0.4, -0.2) is 47.9 Å². The van der Waals surface area contributed by atoms with E-state index in [1.54, 1.807) is 5.38 Å². The number of hydrogen-bond donors (Lipinski definition) is 2. The van der Waals surface area contributed by atoms with Crippen LogP contribution in [0.15, 0.2) is 35.7 Å². The molecule has 0 unspecified atom stereocenters. The zero-order valence-corrected chi connectivity index (χ0v) is 16.2. The molecule has 7 heteroatoms. The third kappa shape index (κ3) is 5.61. The molecule has 0 radical (unpaired) electrons. The summed E-state index contributed by atoms with van der Waals surface area (Å²) >= 11 is 1.42. The van der Waals surface area contributed by atoms with Gasteiger partial charge in [0.2, 0.25) is 5.91 Å². The maximum atomic E-state index is 12.4. The second-order valence-electron chi connectivity index (χ2n) is 6.86. The summed E-state index contributed by atoms with van der Waals surface area (Å²) in [4.78, 5) is 30.6. The number of carbonyl (C=O) groups excluding carboxylic acids is 2. The minimum absolute atomic E-state index is 0.0198. The topological polar surface area (TPSA) is 88.3 Å². The first-order valence-electron chi connectivity index (χ1n) is 9.40. The van der Waals surface area contributed by atoms with E-state index in [0.29, 0.717) is 24.6 Å². The van der Waals surface area contributed by atoms with E-state index < -0.39 is 0 Å². The number of nitrogens with two attached hydrogens (primary N) is 1. The first-order chi connectivity index (χ1) is 13.2. The smallest absolute Gasteiger partial charge is 0.271 e. The minimum atomic E-state index is -0.304. The van der Waals surface area contributed by atoms with Gasteiger partial charge in [-0.25, -0.2) is 4.98 Å². The second kappa shape index (κ2) is 9.62. The Morgan fingerprint density at radius 1 is 1.22 bits per heavy atom. The van der Waals surface area contributed by atoms with Gasteiger partial charge in [-0.15, -0.1) is 11.3 Å². The van der Waals surface area contributed by atoms with Crippen molar-refractivity contribution in [2.75, 3.05) is 26.2 Å². The van der Waals surface area contributed by atoms with Gasteiger partial charge in [-0.3, -0.25) is 9.59 Å². The van der Waals surface area contributed by atoms with Crippen LogP contribution in [0.1, 0.15) is 33.9 Å². The van der Waals surface area contributed by atoms with Crippen molar-refractivity contribution in [3.05, 3.63) is 52.0 Å². The first kappa shape index (κ1) is 19.5. The first-order valence-corrected chi connectivity index (χ1v) is 10.3. The number of likely N-dealkylation sites (tertiary alicyclic amines) is 1. The number of nitrogens with one attached hydrogen (secondary N) is 1. The Bertz CT molecular complexity index is 754. The zero-order valence-electron chi connectivity index (χ0n) is 15.4. The van der Waals surface area contributed by atoms with E-state index in [9.17, 15) is 9.59 Å². The summed E-state index contributed by atoms with van der Waals surface area (Å²) in [5, 5.41) is 5.24. The van der Waals surface area contributed by atoms with Gasteiger partial charge in [0.05, 0.1) is 11.6 Å². The molecule has 0 spiro atoms. The Hall–Kier alpha value is -2.25. The van der Waals surface area contributed by atoms with Gasteiger partial charge in [0.25, 0.3) is 5.91 Å². The molecule has 1 aliphatic rings. The van der Waals surface area contributed by atoms with Crippen molar-refractivity contribution in [3.8, 4) is 0 Å². The lowest BCUT2D eigenvalue weighted by Gasteiger charge is -2.32. The molecule has 0 saturated carbocycles. The van der Waals surface area contributed by atoms with Crippen LogP contribution in [0.3, 0.4) is 0 Å². The van der Waals surface area contributed by atoms with Gasteiger partial charge in [0.1, 0.15) is 5.69 Å². The lowest BCUT2D eigenvalue weighted by atomic mass is 9.90. The molecule has 0 aliphatic carbocycles. The molecule has 2 amide bonds. The molecule has 3 N–H and O–H groups in total. The van der Waals surface area contributed by atoms with Crippen molar-refractivity contribution in [3.63, 3.8) is 0 Å². The Balaban J connectivity index is 1.40. The van der Waals surface area contributed by atoms with Crippen molar-refractivity contribution in [2.45, 2.75) is 25.7 Å². The molecule has 1 saturated heterocycles. The van der Waals surface area contributed by atoms with Gasteiger partial charge in [0, 0.05) is 24.9 Å². The number of piperidine rings is 1. The molecule has 3 rings (SSSR count). The van der Waals surface area contributed by atoms with E-state index in [1.807, 2.05) is 11.0 Å².